The summed E-state index contributed by atoms with van der Waals surface area (Å²) in [5, 5.41) is 0. The van der Waals surface area contributed by atoms with Crippen molar-refractivity contribution < 1.29 is 8.42 Å². The number of rotatable bonds is 5. The fourth-order valence-electron chi connectivity index (χ4n) is 1.74. The van der Waals surface area contributed by atoms with Crippen LogP contribution in [0.15, 0.2) is 48.8 Å². The van der Waals surface area contributed by atoms with Gasteiger partial charge in [0.25, 0.3) is 0 Å². The van der Waals surface area contributed by atoms with Gasteiger partial charge in [0.05, 0.1) is 11.4 Å². The van der Waals surface area contributed by atoms with Crippen molar-refractivity contribution in [3.63, 3.8) is 0 Å². The molecule has 5 nitrogen and oxygen atoms in total. The predicted molar refractivity (Wildman–Crippen MR) is 74.8 cm³/mol. The fraction of sp³-hybridized carbons (Fsp3) is 0.154. The molecule has 3 N–H and O–H groups in total. The van der Waals surface area contributed by atoms with Crippen LogP contribution in [-0.2, 0) is 22.3 Å². The minimum Gasteiger partial charge on any atom is -0.326 e. The molecular weight excluding hydrogens is 262 g/mol. The first-order valence-corrected chi connectivity index (χ1v) is 7.43. The topological polar surface area (TPSA) is 85.1 Å². The van der Waals surface area contributed by atoms with Crippen molar-refractivity contribution in [2.45, 2.75) is 12.3 Å². The molecule has 0 aliphatic carbocycles. The van der Waals surface area contributed by atoms with E-state index in [0.717, 1.165) is 5.56 Å². The highest BCUT2D eigenvalue weighted by Gasteiger charge is 2.13. The lowest BCUT2D eigenvalue weighted by Gasteiger charge is -2.10. The van der Waals surface area contributed by atoms with Crippen LogP contribution in [0.4, 0.5) is 5.69 Å². The Morgan fingerprint density at radius 2 is 1.68 bits per heavy atom. The summed E-state index contributed by atoms with van der Waals surface area (Å²) in [7, 11) is -3.45. The van der Waals surface area contributed by atoms with Crippen LogP contribution in [0.1, 0.15) is 11.1 Å². The molecule has 0 saturated heterocycles. The zero-order valence-corrected chi connectivity index (χ0v) is 11.1. The Balaban J connectivity index is 2.18. The number of benzene rings is 1. The predicted octanol–water partition coefficient (Wildman–Crippen LogP) is 1.48. The zero-order valence-electron chi connectivity index (χ0n) is 10.3. The van der Waals surface area contributed by atoms with Gasteiger partial charge in [-0.05, 0) is 23.3 Å². The van der Waals surface area contributed by atoms with Gasteiger partial charge < -0.3 is 5.73 Å². The van der Waals surface area contributed by atoms with Crippen LogP contribution < -0.4 is 10.5 Å². The second-order valence-electron chi connectivity index (χ2n) is 4.07. The number of nitrogens with two attached hydrogens (primary N) is 1. The van der Waals surface area contributed by atoms with E-state index in [1.807, 2.05) is 12.1 Å². The van der Waals surface area contributed by atoms with Crippen LogP contribution in [0.5, 0.6) is 0 Å². The van der Waals surface area contributed by atoms with Crippen molar-refractivity contribution in [1.29, 1.82) is 0 Å². The van der Waals surface area contributed by atoms with E-state index < -0.39 is 10.0 Å². The average Bonchev–Trinajstić information content (AvgIpc) is 2.39. The second-order valence-corrected chi connectivity index (χ2v) is 5.79. The Bertz CT molecular complexity index is 642. The molecular formula is C13H15N3O2S. The standard InChI is InChI=1S/C13H15N3O2S/c14-9-11-3-1-2-4-12(11)10-19(17,18)16-13-5-7-15-8-6-13/h1-8H,9-10,14H2,(H,15,16). The molecule has 100 valence electrons. The van der Waals surface area contributed by atoms with Gasteiger partial charge in [-0.1, -0.05) is 24.3 Å². The summed E-state index contributed by atoms with van der Waals surface area (Å²) in [5.74, 6) is -0.0945. The summed E-state index contributed by atoms with van der Waals surface area (Å²) >= 11 is 0. The van der Waals surface area contributed by atoms with Crippen molar-refractivity contribution >= 4 is 15.7 Å². The third-order valence-electron chi connectivity index (χ3n) is 2.64. The molecule has 0 fully saturated rings. The molecule has 0 spiro atoms. The van der Waals surface area contributed by atoms with Gasteiger partial charge in [0.2, 0.25) is 10.0 Å². The van der Waals surface area contributed by atoms with Crippen LogP contribution in [0.3, 0.4) is 0 Å². The number of pyridine rings is 1. The van der Waals surface area contributed by atoms with E-state index in [-0.39, 0.29) is 5.75 Å². The molecule has 0 aliphatic heterocycles. The molecule has 2 aromatic rings. The van der Waals surface area contributed by atoms with Crippen LogP contribution in [0, 0.1) is 0 Å². The van der Waals surface area contributed by atoms with Crippen molar-refractivity contribution in [1.82, 2.24) is 4.98 Å². The molecule has 0 bridgehead atoms. The Hall–Kier alpha value is -1.92. The van der Waals surface area contributed by atoms with Crippen LogP contribution >= 0.6 is 0 Å². The van der Waals surface area contributed by atoms with Gasteiger partial charge in [0.15, 0.2) is 0 Å². The number of anilines is 1. The largest absolute Gasteiger partial charge is 0.326 e. The van der Waals surface area contributed by atoms with Gasteiger partial charge in [-0.15, -0.1) is 0 Å². The molecule has 0 atom stereocenters. The monoisotopic (exact) mass is 277 g/mol. The molecule has 6 heteroatoms. The van der Waals surface area contributed by atoms with Crippen LogP contribution in [0.2, 0.25) is 0 Å². The smallest absolute Gasteiger partial charge is 0.236 e. The fourth-order valence-corrected chi connectivity index (χ4v) is 3.00. The average molecular weight is 277 g/mol. The highest BCUT2D eigenvalue weighted by Crippen LogP contribution is 2.14. The Morgan fingerprint density at radius 3 is 2.32 bits per heavy atom. The molecule has 0 aliphatic rings. The quantitative estimate of drug-likeness (QED) is 0.867. The number of nitrogens with zero attached hydrogens (tertiary/aromatic N) is 1. The number of aromatic nitrogens is 1. The summed E-state index contributed by atoms with van der Waals surface area (Å²) in [6.45, 7) is 0.320. The number of hydrogen-bond acceptors (Lipinski definition) is 4. The molecule has 0 radical (unpaired) electrons. The number of hydrogen-bond donors (Lipinski definition) is 2. The van der Waals surface area contributed by atoms with Crippen molar-refractivity contribution in [3.8, 4) is 0 Å². The first-order valence-electron chi connectivity index (χ1n) is 5.78. The summed E-state index contributed by atoms with van der Waals surface area (Å²) < 4.78 is 26.6. The van der Waals surface area contributed by atoms with Crippen LogP contribution in [0.25, 0.3) is 0 Å². The lowest BCUT2D eigenvalue weighted by Crippen LogP contribution is -2.16. The Labute approximate surface area is 112 Å². The maximum absolute atomic E-state index is 12.1. The summed E-state index contributed by atoms with van der Waals surface area (Å²) in [6.07, 6.45) is 3.07. The summed E-state index contributed by atoms with van der Waals surface area (Å²) in [4.78, 5) is 3.84. The third-order valence-corrected chi connectivity index (χ3v) is 3.88. The Morgan fingerprint density at radius 1 is 1.05 bits per heavy atom. The first-order chi connectivity index (χ1) is 9.11. The minimum absolute atomic E-state index is 0.0945. The molecule has 1 aromatic carbocycles. The van der Waals surface area contributed by atoms with Gasteiger partial charge in [0, 0.05) is 18.9 Å². The van der Waals surface area contributed by atoms with Crippen molar-refractivity contribution in [2.24, 2.45) is 5.73 Å². The summed E-state index contributed by atoms with van der Waals surface area (Å²) in [5.41, 5.74) is 7.65. The van der Waals surface area contributed by atoms with Crippen LogP contribution in [-0.4, -0.2) is 13.4 Å². The molecule has 1 aromatic heterocycles. The number of sulfonamides is 1. The lowest BCUT2D eigenvalue weighted by molar-refractivity contribution is 0.600. The molecule has 0 amide bonds. The van der Waals surface area contributed by atoms with Crippen molar-refractivity contribution in [3.05, 3.63) is 59.9 Å². The normalized spacial score (nSPS) is 11.2. The SMILES string of the molecule is NCc1ccccc1CS(=O)(=O)Nc1ccncc1. The molecule has 2 rings (SSSR count). The lowest BCUT2D eigenvalue weighted by atomic mass is 10.1. The minimum atomic E-state index is -3.45. The molecule has 19 heavy (non-hydrogen) atoms. The van der Waals surface area contributed by atoms with E-state index in [1.54, 1.807) is 24.3 Å². The Kier molecular flexibility index (Phi) is 4.13. The van der Waals surface area contributed by atoms with E-state index in [0.29, 0.717) is 17.8 Å². The van der Waals surface area contributed by atoms with Crippen molar-refractivity contribution in [2.75, 3.05) is 4.72 Å². The van der Waals surface area contributed by atoms with Gasteiger partial charge in [-0.3, -0.25) is 9.71 Å². The van der Waals surface area contributed by atoms with Gasteiger partial charge in [-0.2, -0.15) is 0 Å². The summed E-state index contributed by atoms with van der Waals surface area (Å²) in [6, 6.07) is 10.5. The first kappa shape index (κ1) is 13.5. The van der Waals surface area contributed by atoms with E-state index in [1.165, 1.54) is 12.4 Å². The maximum Gasteiger partial charge on any atom is 0.236 e. The van der Waals surface area contributed by atoms with Gasteiger partial charge in [0.1, 0.15) is 0 Å². The van der Waals surface area contributed by atoms with Gasteiger partial charge >= 0.3 is 0 Å². The highest BCUT2D eigenvalue weighted by molar-refractivity contribution is 7.91. The highest BCUT2D eigenvalue weighted by atomic mass is 32.2. The molecule has 0 unspecified atom stereocenters. The van der Waals surface area contributed by atoms with Gasteiger partial charge in [-0.25, -0.2) is 8.42 Å². The van der Waals surface area contributed by atoms with E-state index in [4.69, 9.17) is 5.73 Å². The zero-order chi connectivity index (χ0) is 13.7. The molecule has 0 saturated carbocycles. The second kappa shape index (κ2) is 5.81. The van der Waals surface area contributed by atoms with E-state index >= 15 is 0 Å². The number of nitrogens with one attached hydrogen (secondary N) is 1. The van der Waals surface area contributed by atoms with E-state index in [9.17, 15) is 8.42 Å². The molecule has 1 heterocycles. The third kappa shape index (κ3) is 3.77. The maximum atomic E-state index is 12.1. The van der Waals surface area contributed by atoms with E-state index in [2.05, 4.69) is 9.71 Å².